The van der Waals surface area contributed by atoms with Crippen molar-refractivity contribution in [2.24, 2.45) is 10.8 Å². The van der Waals surface area contributed by atoms with Crippen LogP contribution in [-0.2, 0) is 41.6 Å². The van der Waals surface area contributed by atoms with E-state index in [1.807, 2.05) is 102 Å². The minimum absolute atomic E-state index is 0.190. The molecule has 0 bridgehead atoms. The Labute approximate surface area is 472 Å². The van der Waals surface area contributed by atoms with Gasteiger partial charge < -0.3 is 51.5 Å². The Balaban J connectivity index is 1.09. The van der Waals surface area contributed by atoms with E-state index in [-0.39, 0.29) is 73.7 Å². The number of hydrogen-bond donors (Lipinski definition) is 6. The first-order chi connectivity index (χ1) is 38.0. The van der Waals surface area contributed by atoms with Crippen LogP contribution in [0.4, 0.5) is 0 Å². The number of amides is 8. The van der Waals surface area contributed by atoms with E-state index in [9.17, 15) is 38.4 Å². The van der Waals surface area contributed by atoms with Crippen LogP contribution >= 0.6 is 0 Å². The van der Waals surface area contributed by atoms with Crippen LogP contribution in [0.25, 0.3) is 10.8 Å². The van der Waals surface area contributed by atoms with Gasteiger partial charge in [0, 0.05) is 62.5 Å². The van der Waals surface area contributed by atoms with Crippen molar-refractivity contribution in [3.05, 3.63) is 119 Å². The number of benzene rings is 4. The van der Waals surface area contributed by atoms with Crippen molar-refractivity contribution in [1.29, 1.82) is 0 Å². The van der Waals surface area contributed by atoms with Gasteiger partial charge in [0.1, 0.15) is 12.1 Å². The number of hydrogen-bond acceptors (Lipinski definition) is 10. The quantitative estimate of drug-likeness (QED) is 0.0568. The summed E-state index contributed by atoms with van der Waals surface area (Å²) >= 11 is 0. The van der Waals surface area contributed by atoms with Crippen LogP contribution in [0.3, 0.4) is 0 Å². The van der Waals surface area contributed by atoms with Crippen LogP contribution in [-0.4, -0.2) is 170 Å². The Morgan fingerprint density at radius 2 is 0.900 bits per heavy atom. The molecule has 0 radical (unpaired) electrons. The topological polar surface area (TPSA) is 222 Å². The number of nitrogens with one attached hydrogen (secondary N) is 6. The number of fused-ring (bicyclic) bond motifs is 1. The Kier molecular flexibility index (Phi) is 21.9. The van der Waals surface area contributed by atoms with Crippen molar-refractivity contribution in [3.8, 4) is 0 Å². The average molecular weight is 1100 g/mol. The normalized spacial score (nSPS) is 17.0. The summed E-state index contributed by atoms with van der Waals surface area (Å²) in [6, 6.07) is 26.6. The molecule has 4 aromatic carbocycles. The highest BCUT2D eigenvalue weighted by atomic mass is 16.2. The molecule has 6 rings (SSSR count). The lowest BCUT2D eigenvalue weighted by molar-refractivity contribution is -0.142. The maximum absolute atomic E-state index is 14.3. The number of likely N-dealkylation sites (tertiary alicyclic amines) is 2. The Bertz CT molecular complexity index is 2610. The first-order valence-corrected chi connectivity index (χ1v) is 28.3. The van der Waals surface area contributed by atoms with Crippen molar-refractivity contribution >= 4 is 58.0 Å². The van der Waals surface area contributed by atoms with E-state index in [4.69, 9.17) is 0 Å². The predicted molar refractivity (Wildman–Crippen MR) is 311 cm³/mol. The molecule has 0 saturated carbocycles. The van der Waals surface area contributed by atoms with Gasteiger partial charge >= 0.3 is 0 Å². The maximum atomic E-state index is 14.3. The van der Waals surface area contributed by atoms with Crippen molar-refractivity contribution in [1.82, 2.24) is 51.5 Å². The zero-order valence-electron chi connectivity index (χ0n) is 48.7. The number of nitrogens with zero attached hydrogens (tertiary/aromatic N) is 4. The van der Waals surface area contributed by atoms with Gasteiger partial charge in [0.15, 0.2) is 0 Å². The van der Waals surface area contributed by atoms with E-state index in [0.29, 0.717) is 73.8 Å². The molecule has 0 aromatic heterocycles. The molecule has 18 heteroatoms. The van der Waals surface area contributed by atoms with Crippen molar-refractivity contribution in [2.45, 2.75) is 130 Å². The summed E-state index contributed by atoms with van der Waals surface area (Å²) in [5.41, 5.74) is 1.57. The lowest BCUT2D eigenvalue weighted by Crippen LogP contribution is -2.59. The molecular formula is C62H86N10O8. The number of carbonyl (C=O) groups is 8. The Morgan fingerprint density at radius 3 is 1.24 bits per heavy atom. The molecule has 2 heterocycles. The molecule has 6 atom stereocenters. The molecule has 0 unspecified atom stereocenters. The molecule has 0 aliphatic carbocycles. The lowest BCUT2D eigenvalue weighted by Gasteiger charge is -2.37. The molecule has 2 aliphatic rings. The SMILES string of the molecule is CN[C@@H](C)C(=O)N[C@H](C(=O)N1CCC[C@@H]1CN(CCc1ccccc1)C(=O)CNC(=O)c1ccc2cc(C(=O)NCC(=O)N(CCc3ccccc3)C[C@@H]3CCCN3C(=O)[C@@H](NC(=O)[C@H](C)NC)C(C)(C)C)ccc2c1)C(C)(C)C. The van der Waals surface area contributed by atoms with Gasteiger partial charge in [-0.2, -0.15) is 0 Å². The first kappa shape index (κ1) is 62.0. The second-order valence-electron chi connectivity index (χ2n) is 23.6. The highest BCUT2D eigenvalue weighted by Crippen LogP contribution is 2.29. The summed E-state index contributed by atoms with van der Waals surface area (Å²) in [7, 11) is 3.38. The van der Waals surface area contributed by atoms with E-state index in [2.05, 4.69) is 31.9 Å². The third-order valence-electron chi connectivity index (χ3n) is 15.5. The van der Waals surface area contributed by atoms with Crippen molar-refractivity contribution < 1.29 is 38.4 Å². The molecule has 2 fully saturated rings. The van der Waals surface area contributed by atoms with Gasteiger partial charge in [0.25, 0.3) is 11.8 Å². The molecular weight excluding hydrogens is 1010 g/mol. The fraction of sp³-hybridized carbons (Fsp3) is 0.516. The van der Waals surface area contributed by atoms with Gasteiger partial charge in [-0.25, -0.2) is 0 Å². The van der Waals surface area contributed by atoms with Gasteiger partial charge in [-0.1, -0.05) is 114 Å². The molecule has 2 saturated heterocycles. The van der Waals surface area contributed by atoms with Gasteiger partial charge in [-0.05, 0) is 123 Å². The second kappa shape index (κ2) is 28.3. The lowest BCUT2D eigenvalue weighted by atomic mass is 9.85. The van der Waals surface area contributed by atoms with Crippen LogP contribution in [0, 0.1) is 10.8 Å². The van der Waals surface area contributed by atoms with Crippen LogP contribution in [0.1, 0.15) is 113 Å². The number of carbonyl (C=O) groups excluding carboxylic acids is 8. The first-order valence-electron chi connectivity index (χ1n) is 28.3. The highest BCUT2D eigenvalue weighted by Gasteiger charge is 2.42. The summed E-state index contributed by atoms with van der Waals surface area (Å²) in [5, 5.41) is 18.8. The summed E-state index contributed by atoms with van der Waals surface area (Å²) in [4.78, 5) is 117. The Hall–Kier alpha value is -7.18. The van der Waals surface area contributed by atoms with E-state index in [0.717, 1.165) is 24.0 Å². The predicted octanol–water partition coefficient (Wildman–Crippen LogP) is 4.70. The average Bonchev–Trinajstić information content (AvgIpc) is 4.13. The van der Waals surface area contributed by atoms with Crippen molar-refractivity contribution in [2.75, 3.05) is 66.5 Å². The van der Waals surface area contributed by atoms with Gasteiger partial charge in [-0.3, -0.25) is 38.4 Å². The summed E-state index contributed by atoms with van der Waals surface area (Å²) in [5.74, 6) is -2.43. The van der Waals surface area contributed by atoms with E-state index < -0.39 is 46.8 Å². The molecule has 8 amide bonds. The molecule has 432 valence electrons. The maximum Gasteiger partial charge on any atom is 0.251 e. The monoisotopic (exact) mass is 1100 g/mol. The number of likely N-dealkylation sites (N-methyl/N-ethyl adjacent to an activating group) is 2. The summed E-state index contributed by atoms with van der Waals surface area (Å²) in [6.45, 7) is 16.7. The third kappa shape index (κ3) is 16.9. The summed E-state index contributed by atoms with van der Waals surface area (Å²) < 4.78 is 0. The third-order valence-corrected chi connectivity index (χ3v) is 15.5. The zero-order chi connectivity index (χ0) is 58.3. The standard InChI is InChI=1S/C62H86N10O8/c1-41(63-9)55(75)67-53(61(3,4)5)59(79)71-31-17-23-49(71)39-69(33-29-43-19-13-11-14-20-43)51(73)37-65-57(77)47-27-25-46-36-48(28-26-45(46)35-47)58(78)66-38-52(74)70(34-30-44-21-15-12-16-22-44)40-50-24-18-32-72(50)60(80)54(62(6,7)8)68-56(76)42(2)64-10/h11-16,19-22,25-28,35-36,41-42,49-50,53-54,63-64H,17-18,23-24,29-34,37-40H2,1-10H3,(H,65,77)(H,66,78)(H,67,75)(H,68,76)/t41-,42-,49-,50+,53+,54+/m0/s1. The summed E-state index contributed by atoms with van der Waals surface area (Å²) in [6.07, 6.45) is 4.00. The van der Waals surface area contributed by atoms with Gasteiger partial charge in [0.2, 0.25) is 35.4 Å². The molecule has 18 nitrogen and oxygen atoms in total. The largest absolute Gasteiger partial charge is 0.343 e. The van der Waals surface area contributed by atoms with Crippen LogP contribution in [0.5, 0.6) is 0 Å². The minimum Gasteiger partial charge on any atom is -0.343 e. The molecule has 6 N–H and O–H groups in total. The zero-order valence-corrected chi connectivity index (χ0v) is 48.7. The fourth-order valence-corrected chi connectivity index (χ4v) is 10.3. The van der Waals surface area contributed by atoms with Gasteiger partial charge in [0.05, 0.1) is 25.2 Å². The highest BCUT2D eigenvalue weighted by molar-refractivity contribution is 6.03. The van der Waals surface area contributed by atoms with Crippen LogP contribution < -0.4 is 31.9 Å². The van der Waals surface area contributed by atoms with Crippen LogP contribution in [0.15, 0.2) is 97.1 Å². The fourth-order valence-electron chi connectivity index (χ4n) is 10.3. The van der Waals surface area contributed by atoms with Crippen molar-refractivity contribution in [3.63, 3.8) is 0 Å². The Morgan fingerprint density at radius 1 is 0.537 bits per heavy atom. The smallest absolute Gasteiger partial charge is 0.251 e. The van der Waals surface area contributed by atoms with E-state index >= 15 is 0 Å². The second-order valence-corrected chi connectivity index (χ2v) is 23.6. The van der Waals surface area contributed by atoms with E-state index in [1.165, 1.54) is 0 Å². The molecule has 80 heavy (non-hydrogen) atoms. The molecule has 2 aliphatic heterocycles. The minimum atomic E-state index is -0.780. The molecule has 0 spiro atoms. The number of rotatable bonds is 24. The van der Waals surface area contributed by atoms with E-state index in [1.54, 1.807) is 83.9 Å². The molecule has 4 aromatic rings. The van der Waals surface area contributed by atoms with Gasteiger partial charge in [-0.15, -0.1) is 0 Å². The van der Waals surface area contributed by atoms with Crippen LogP contribution in [0.2, 0.25) is 0 Å².